The van der Waals surface area contributed by atoms with E-state index in [2.05, 4.69) is 26.6 Å². The fraction of sp³-hybridized carbons (Fsp3) is 0.125. The van der Waals surface area contributed by atoms with E-state index in [-0.39, 0.29) is 11.0 Å². The van der Waals surface area contributed by atoms with Gasteiger partial charge in [-0.15, -0.1) is 0 Å². The number of hydrogen-bond donors (Lipinski definition) is 2. The smallest absolute Gasteiger partial charge is 0.250 e. The molecular formula is C16H15BrN2O2S. The molecule has 0 saturated heterocycles. The molecule has 0 aliphatic heterocycles. The second-order valence-corrected chi connectivity index (χ2v) is 6.03. The molecule has 1 heterocycles. The number of benzene rings is 1. The third-order valence-corrected chi connectivity index (χ3v) is 3.58. The van der Waals surface area contributed by atoms with E-state index in [9.17, 15) is 4.79 Å². The van der Waals surface area contributed by atoms with E-state index in [1.54, 1.807) is 24.5 Å². The molecule has 2 rings (SSSR count). The summed E-state index contributed by atoms with van der Waals surface area (Å²) in [5.41, 5.74) is 2.97. The molecule has 114 valence electrons. The van der Waals surface area contributed by atoms with Gasteiger partial charge in [0.1, 0.15) is 5.76 Å². The Kier molecular flexibility index (Phi) is 5.51. The highest BCUT2D eigenvalue weighted by molar-refractivity contribution is 9.10. The van der Waals surface area contributed by atoms with E-state index in [1.807, 2.05) is 26.0 Å². The Bertz CT molecular complexity index is 701. The van der Waals surface area contributed by atoms with Crippen LogP contribution in [0.15, 0.2) is 45.5 Å². The monoisotopic (exact) mass is 378 g/mol. The number of carbonyl (C=O) groups is 1. The first-order chi connectivity index (χ1) is 10.5. The van der Waals surface area contributed by atoms with Crippen LogP contribution in [0, 0.1) is 13.8 Å². The van der Waals surface area contributed by atoms with Crippen molar-refractivity contribution in [2.45, 2.75) is 13.8 Å². The highest BCUT2D eigenvalue weighted by Crippen LogP contribution is 2.24. The minimum Gasteiger partial charge on any atom is -0.465 e. The predicted octanol–water partition coefficient (Wildman–Crippen LogP) is 4.19. The maximum atomic E-state index is 11.8. The molecule has 0 unspecified atom stereocenters. The van der Waals surface area contributed by atoms with Crippen LogP contribution in [0.5, 0.6) is 0 Å². The van der Waals surface area contributed by atoms with Crippen molar-refractivity contribution in [2.24, 2.45) is 0 Å². The molecule has 0 aliphatic rings. The minimum absolute atomic E-state index is 0.252. The first-order valence-corrected chi connectivity index (χ1v) is 7.76. The van der Waals surface area contributed by atoms with Gasteiger partial charge in [0.25, 0.3) is 0 Å². The fourth-order valence-electron chi connectivity index (χ4n) is 1.95. The van der Waals surface area contributed by atoms with Crippen LogP contribution in [-0.2, 0) is 4.79 Å². The molecule has 1 amide bonds. The number of halogens is 1. The van der Waals surface area contributed by atoms with Crippen LogP contribution < -0.4 is 10.6 Å². The summed E-state index contributed by atoms with van der Waals surface area (Å²) in [7, 11) is 0. The number of hydrogen-bond acceptors (Lipinski definition) is 3. The molecule has 0 spiro atoms. The lowest BCUT2D eigenvalue weighted by Gasteiger charge is -2.14. The summed E-state index contributed by atoms with van der Waals surface area (Å²) in [6.07, 6.45) is 4.49. The summed E-state index contributed by atoms with van der Waals surface area (Å²) in [5.74, 6) is 0.287. The maximum Gasteiger partial charge on any atom is 0.250 e. The van der Waals surface area contributed by atoms with Crippen LogP contribution in [0.2, 0.25) is 0 Å². The topological polar surface area (TPSA) is 54.3 Å². The minimum atomic E-state index is -0.318. The van der Waals surface area contributed by atoms with E-state index in [0.717, 1.165) is 21.3 Å². The quantitative estimate of drug-likeness (QED) is 0.621. The third-order valence-electron chi connectivity index (χ3n) is 2.91. The largest absolute Gasteiger partial charge is 0.465 e. The zero-order valence-electron chi connectivity index (χ0n) is 12.1. The molecule has 22 heavy (non-hydrogen) atoms. The van der Waals surface area contributed by atoms with Crippen LogP contribution in [0.1, 0.15) is 16.9 Å². The summed E-state index contributed by atoms with van der Waals surface area (Å²) in [6, 6.07) is 7.48. The van der Waals surface area contributed by atoms with Crippen molar-refractivity contribution in [3.63, 3.8) is 0 Å². The van der Waals surface area contributed by atoms with Gasteiger partial charge < -0.3 is 9.73 Å². The number of nitrogens with one attached hydrogen (secondary N) is 2. The van der Waals surface area contributed by atoms with E-state index in [4.69, 9.17) is 16.6 Å². The number of thiocarbonyl (C=S) groups is 1. The van der Waals surface area contributed by atoms with Gasteiger partial charge in [-0.05, 0) is 67.5 Å². The number of furan rings is 1. The lowest BCUT2D eigenvalue weighted by atomic mass is 10.1. The van der Waals surface area contributed by atoms with E-state index >= 15 is 0 Å². The highest BCUT2D eigenvalue weighted by atomic mass is 79.9. The van der Waals surface area contributed by atoms with Crippen molar-refractivity contribution in [3.05, 3.63) is 58.0 Å². The molecule has 0 radical (unpaired) electrons. The van der Waals surface area contributed by atoms with E-state index < -0.39 is 0 Å². The number of rotatable bonds is 3. The maximum absolute atomic E-state index is 11.8. The zero-order chi connectivity index (χ0) is 16.1. The highest BCUT2D eigenvalue weighted by Gasteiger charge is 2.07. The molecular weight excluding hydrogens is 364 g/mol. The third kappa shape index (κ3) is 4.54. The van der Waals surface area contributed by atoms with Crippen molar-refractivity contribution < 1.29 is 9.21 Å². The van der Waals surface area contributed by atoms with Crippen molar-refractivity contribution >= 4 is 50.9 Å². The number of amides is 1. The SMILES string of the molecule is Cc1cc(Br)cc(C)c1NC(=S)NC(=O)C=Cc1ccco1. The van der Waals surface area contributed by atoms with Crippen LogP contribution in [0.3, 0.4) is 0 Å². The van der Waals surface area contributed by atoms with Gasteiger partial charge in [0.05, 0.1) is 6.26 Å². The van der Waals surface area contributed by atoms with Crippen molar-refractivity contribution in [1.29, 1.82) is 0 Å². The summed E-state index contributed by atoms with van der Waals surface area (Å²) in [6.45, 7) is 3.95. The van der Waals surface area contributed by atoms with Crippen molar-refractivity contribution in [1.82, 2.24) is 5.32 Å². The van der Waals surface area contributed by atoms with Crippen LogP contribution in [0.4, 0.5) is 5.69 Å². The molecule has 0 saturated carbocycles. The van der Waals surface area contributed by atoms with Gasteiger partial charge in [-0.2, -0.15) is 0 Å². The van der Waals surface area contributed by atoms with E-state index in [0.29, 0.717) is 5.76 Å². The molecule has 1 aromatic heterocycles. The molecule has 0 bridgehead atoms. The Morgan fingerprint density at radius 2 is 2.00 bits per heavy atom. The van der Waals surface area contributed by atoms with Gasteiger partial charge in [-0.25, -0.2) is 0 Å². The number of aryl methyl sites for hydroxylation is 2. The Hall–Kier alpha value is -1.92. The average Bonchev–Trinajstić information content (AvgIpc) is 2.94. The van der Waals surface area contributed by atoms with Gasteiger partial charge in [0.2, 0.25) is 5.91 Å². The Labute approximate surface area is 142 Å². The number of anilines is 1. The lowest BCUT2D eigenvalue weighted by molar-refractivity contribution is -0.115. The summed E-state index contributed by atoms with van der Waals surface area (Å²) in [4.78, 5) is 11.8. The summed E-state index contributed by atoms with van der Waals surface area (Å²) in [5, 5.41) is 5.90. The molecule has 4 nitrogen and oxygen atoms in total. The summed E-state index contributed by atoms with van der Waals surface area (Å²) >= 11 is 8.61. The first-order valence-electron chi connectivity index (χ1n) is 6.56. The molecule has 0 atom stereocenters. The average molecular weight is 379 g/mol. The van der Waals surface area contributed by atoms with Gasteiger partial charge in [-0.1, -0.05) is 15.9 Å². The van der Waals surface area contributed by atoms with E-state index in [1.165, 1.54) is 6.08 Å². The Morgan fingerprint density at radius 1 is 1.32 bits per heavy atom. The van der Waals surface area contributed by atoms with Gasteiger partial charge in [0, 0.05) is 16.2 Å². The Balaban J connectivity index is 1.97. The summed E-state index contributed by atoms with van der Waals surface area (Å²) < 4.78 is 6.11. The second-order valence-electron chi connectivity index (χ2n) is 4.71. The van der Waals surface area contributed by atoms with Gasteiger partial charge in [0.15, 0.2) is 5.11 Å². The lowest BCUT2D eigenvalue weighted by Crippen LogP contribution is -2.33. The van der Waals surface area contributed by atoms with Crippen molar-refractivity contribution in [3.8, 4) is 0 Å². The Morgan fingerprint density at radius 3 is 2.59 bits per heavy atom. The molecule has 1 aromatic carbocycles. The normalized spacial score (nSPS) is 10.7. The van der Waals surface area contributed by atoms with Gasteiger partial charge in [-0.3, -0.25) is 10.1 Å². The molecule has 2 aromatic rings. The van der Waals surface area contributed by atoms with Crippen molar-refractivity contribution in [2.75, 3.05) is 5.32 Å². The predicted molar refractivity (Wildman–Crippen MR) is 95.7 cm³/mol. The molecule has 0 fully saturated rings. The van der Waals surface area contributed by atoms with Gasteiger partial charge >= 0.3 is 0 Å². The molecule has 0 aliphatic carbocycles. The fourth-order valence-corrected chi connectivity index (χ4v) is 2.84. The van der Waals surface area contributed by atoms with Crippen LogP contribution in [-0.4, -0.2) is 11.0 Å². The second kappa shape index (κ2) is 7.38. The van der Waals surface area contributed by atoms with Crippen LogP contribution in [0.25, 0.3) is 6.08 Å². The van der Waals surface area contributed by atoms with Crippen LogP contribution >= 0.6 is 28.1 Å². The first kappa shape index (κ1) is 16.5. The molecule has 2 N–H and O–H groups in total. The number of carbonyl (C=O) groups excluding carboxylic acids is 1. The molecule has 6 heteroatoms. The zero-order valence-corrected chi connectivity index (χ0v) is 14.5. The standard InChI is InChI=1S/C16H15BrN2O2S/c1-10-8-12(17)9-11(2)15(10)19-16(22)18-14(20)6-5-13-4-3-7-21-13/h3-9H,1-2H3,(H2,18,19,20,22).